The van der Waals surface area contributed by atoms with E-state index in [9.17, 15) is 4.79 Å². The summed E-state index contributed by atoms with van der Waals surface area (Å²) in [5.74, 6) is 0. The lowest BCUT2D eigenvalue weighted by molar-refractivity contribution is 0.112. The van der Waals surface area contributed by atoms with Crippen LogP contribution < -0.4 is 0 Å². The van der Waals surface area contributed by atoms with Crippen LogP contribution in [-0.4, -0.2) is 11.3 Å². The topological polar surface area (TPSA) is 30.0 Å². The van der Waals surface area contributed by atoms with Crippen molar-refractivity contribution in [2.45, 2.75) is 32.1 Å². The Labute approximate surface area is 95.4 Å². The van der Waals surface area contributed by atoms with E-state index in [1.165, 1.54) is 25.7 Å². The smallest absolute Gasteiger partial charge is 0.151 e. The van der Waals surface area contributed by atoms with Crippen molar-refractivity contribution in [1.29, 1.82) is 0 Å². The Balaban J connectivity index is 1.98. The summed E-state index contributed by atoms with van der Waals surface area (Å²) in [6, 6.07) is 1.94. The highest BCUT2D eigenvalue weighted by Gasteiger charge is 2.34. The molecule has 3 rings (SSSR count). The molecule has 0 radical (unpaired) electrons. The van der Waals surface area contributed by atoms with Gasteiger partial charge in [0.25, 0.3) is 0 Å². The van der Waals surface area contributed by atoms with Gasteiger partial charge < -0.3 is 0 Å². The molecule has 0 aliphatic heterocycles. The predicted molar refractivity (Wildman–Crippen MR) is 63.3 cm³/mol. The summed E-state index contributed by atoms with van der Waals surface area (Å²) in [7, 11) is 0. The van der Waals surface area contributed by atoms with Crippen molar-refractivity contribution >= 4 is 12.4 Å². The van der Waals surface area contributed by atoms with Crippen LogP contribution in [0.5, 0.6) is 0 Å². The van der Waals surface area contributed by atoms with Crippen molar-refractivity contribution in [2.75, 3.05) is 0 Å². The van der Waals surface area contributed by atoms with Crippen LogP contribution in [0.25, 0.3) is 6.08 Å². The minimum atomic E-state index is 0.378. The zero-order valence-electron chi connectivity index (χ0n) is 9.28. The molecule has 2 aliphatic carbocycles. The number of fused-ring (bicyclic) bond motifs is 1. The quantitative estimate of drug-likeness (QED) is 0.671. The lowest BCUT2D eigenvalue weighted by Gasteiger charge is -2.29. The number of pyridine rings is 1. The molecule has 0 unspecified atom stereocenters. The van der Waals surface area contributed by atoms with E-state index in [2.05, 4.69) is 17.1 Å². The maximum absolute atomic E-state index is 10.7. The first kappa shape index (κ1) is 9.76. The molecule has 82 valence electrons. The molecular formula is C14H15NO. The molecule has 0 amide bonds. The minimum Gasteiger partial charge on any atom is -0.298 e. The molecule has 1 saturated carbocycles. The van der Waals surface area contributed by atoms with Gasteiger partial charge in [0, 0.05) is 17.5 Å². The molecule has 1 spiro atoms. The molecule has 0 N–H and O–H groups in total. The second-order valence-electron chi connectivity index (χ2n) is 5.00. The zero-order valence-corrected chi connectivity index (χ0v) is 9.28. The third kappa shape index (κ3) is 1.49. The van der Waals surface area contributed by atoms with Gasteiger partial charge in [0.05, 0.1) is 0 Å². The second-order valence-corrected chi connectivity index (χ2v) is 5.00. The Morgan fingerprint density at radius 1 is 1.31 bits per heavy atom. The summed E-state index contributed by atoms with van der Waals surface area (Å²) in [5.41, 5.74) is 3.34. The second kappa shape index (κ2) is 3.55. The Morgan fingerprint density at radius 3 is 2.88 bits per heavy atom. The molecule has 1 aromatic heterocycles. The van der Waals surface area contributed by atoms with Crippen molar-refractivity contribution < 1.29 is 4.79 Å². The fraction of sp³-hybridized carbons (Fsp3) is 0.429. The van der Waals surface area contributed by atoms with E-state index < -0.39 is 0 Å². The molecule has 0 saturated heterocycles. The lowest BCUT2D eigenvalue weighted by atomic mass is 9.77. The van der Waals surface area contributed by atoms with Crippen molar-refractivity contribution in [3.05, 3.63) is 35.2 Å². The first-order valence-electron chi connectivity index (χ1n) is 5.95. The van der Waals surface area contributed by atoms with Gasteiger partial charge in [-0.2, -0.15) is 0 Å². The standard InChI is InChI=1S/C14H15NO/c16-10-11-7-12-3-6-14(4-1-2-5-14)8-13(12)15-9-11/h3,6-7,9-10H,1-2,4-5,8H2. The highest BCUT2D eigenvalue weighted by molar-refractivity contribution is 5.76. The number of rotatable bonds is 1. The summed E-state index contributed by atoms with van der Waals surface area (Å²) >= 11 is 0. The first-order chi connectivity index (χ1) is 7.81. The third-order valence-corrected chi connectivity index (χ3v) is 3.90. The number of carbonyl (C=O) groups is 1. The van der Waals surface area contributed by atoms with Crippen molar-refractivity contribution in [3.63, 3.8) is 0 Å². The summed E-state index contributed by atoms with van der Waals surface area (Å²) in [6.07, 6.45) is 13.4. The van der Waals surface area contributed by atoms with Crippen LogP contribution in [0.3, 0.4) is 0 Å². The van der Waals surface area contributed by atoms with Gasteiger partial charge in [0.1, 0.15) is 0 Å². The van der Waals surface area contributed by atoms with Crippen LogP contribution >= 0.6 is 0 Å². The Bertz CT molecular complexity index is 456. The van der Waals surface area contributed by atoms with Gasteiger partial charge in [-0.1, -0.05) is 25.0 Å². The number of hydrogen-bond donors (Lipinski definition) is 0. The monoisotopic (exact) mass is 213 g/mol. The van der Waals surface area contributed by atoms with Gasteiger partial charge in [0.15, 0.2) is 6.29 Å². The Kier molecular flexibility index (Phi) is 2.16. The SMILES string of the molecule is O=Cc1cnc2c(c1)C=CC1(CCCC1)C2. The molecule has 2 heteroatoms. The number of allylic oxidation sites excluding steroid dienone is 1. The fourth-order valence-electron chi connectivity index (χ4n) is 2.97. The molecule has 1 fully saturated rings. The van der Waals surface area contributed by atoms with E-state index in [0.717, 1.165) is 24.0 Å². The highest BCUT2D eigenvalue weighted by atomic mass is 16.1. The van der Waals surface area contributed by atoms with Gasteiger partial charge >= 0.3 is 0 Å². The molecule has 0 bridgehead atoms. The molecule has 1 heterocycles. The van der Waals surface area contributed by atoms with Crippen LogP contribution in [0, 0.1) is 5.41 Å². The van der Waals surface area contributed by atoms with Gasteiger partial charge in [-0.05, 0) is 36.3 Å². The van der Waals surface area contributed by atoms with E-state index >= 15 is 0 Å². The minimum absolute atomic E-state index is 0.378. The van der Waals surface area contributed by atoms with Gasteiger partial charge in [0.2, 0.25) is 0 Å². The van der Waals surface area contributed by atoms with Crippen molar-refractivity contribution in [3.8, 4) is 0 Å². The van der Waals surface area contributed by atoms with E-state index in [1.807, 2.05) is 6.07 Å². The molecule has 0 atom stereocenters. The maximum atomic E-state index is 10.7. The molecule has 2 nitrogen and oxygen atoms in total. The molecular weight excluding hydrogens is 198 g/mol. The van der Waals surface area contributed by atoms with Crippen LogP contribution in [0.1, 0.15) is 47.3 Å². The number of aldehydes is 1. The van der Waals surface area contributed by atoms with E-state index in [1.54, 1.807) is 6.20 Å². The number of nitrogens with zero attached hydrogens (tertiary/aromatic N) is 1. The highest BCUT2D eigenvalue weighted by Crippen LogP contribution is 2.45. The fourth-order valence-corrected chi connectivity index (χ4v) is 2.97. The zero-order chi connectivity index (χ0) is 11.0. The number of aromatic nitrogens is 1. The largest absolute Gasteiger partial charge is 0.298 e. The summed E-state index contributed by atoms with van der Waals surface area (Å²) < 4.78 is 0. The van der Waals surface area contributed by atoms with Crippen LogP contribution in [0.15, 0.2) is 18.3 Å². The third-order valence-electron chi connectivity index (χ3n) is 3.90. The number of hydrogen-bond acceptors (Lipinski definition) is 2. The molecule has 1 aromatic rings. The Hall–Kier alpha value is -1.44. The van der Waals surface area contributed by atoms with Crippen LogP contribution in [0.2, 0.25) is 0 Å². The first-order valence-corrected chi connectivity index (χ1v) is 5.95. The lowest BCUT2D eigenvalue weighted by Crippen LogP contribution is -2.21. The van der Waals surface area contributed by atoms with Gasteiger partial charge in [-0.15, -0.1) is 0 Å². The van der Waals surface area contributed by atoms with Crippen molar-refractivity contribution in [1.82, 2.24) is 4.98 Å². The van der Waals surface area contributed by atoms with Gasteiger partial charge in [-0.25, -0.2) is 0 Å². The summed E-state index contributed by atoms with van der Waals surface area (Å²) in [5, 5.41) is 0. The van der Waals surface area contributed by atoms with E-state index in [4.69, 9.17) is 0 Å². The Morgan fingerprint density at radius 2 is 2.12 bits per heavy atom. The number of carbonyl (C=O) groups excluding carboxylic acids is 1. The average Bonchev–Trinajstić information content (AvgIpc) is 2.77. The van der Waals surface area contributed by atoms with E-state index in [-0.39, 0.29) is 0 Å². The van der Waals surface area contributed by atoms with Crippen molar-refractivity contribution in [2.24, 2.45) is 5.41 Å². The average molecular weight is 213 g/mol. The predicted octanol–water partition coefficient (Wildman–Crippen LogP) is 3.02. The van der Waals surface area contributed by atoms with Crippen LogP contribution in [0.4, 0.5) is 0 Å². The van der Waals surface area contributed by atoms with E-state index in [0.29, 0.717) is 11.0 Å². The van der Waals surface area contributed by atoms with Crippen LogP contribution in [-0.2, 0) is 6.42 Å². The normalized spacial score (nSPS) is 21.0. The molecule has 0 aromatic carbocycles. The summed E-state index contributed by atoms with van der Waals surface area (Å²) in [6.45, 7) is 0. The van der Waals surface area contributed by atoms with Gasteiger partial charge in [-0.3, -0.25) is 9.78 Å². The molecule has 16 heavy (non-hydrogen) atoms. The summed E-state index contributed by atoms with van der Waals surface area (Å²) in [4.78, 5) is 15.1. The molecule has 2 aliphatic rings. The maximum Gasteiger partial charge on any atom is 0.151 e.